The van der Waals surface area contributed by atoms with Gasteiger partial charge in [0.05, 0.1) is 0 Å². The fraction of sp³-hybridized carbons (Fsp3) is 0.753. The molecule has 2 aromatic rings. The molecule has 0 fully saturated rings. The molecule has 2 aromatic carbocycles. The summed E-state index contributed by atoms with van der Waals surface area (Å²) in [4.78, 5) is 0. The molecule has 0 aromatic heterocycles. The maximum absolute atomic E-state index is 12.3. The molecule has 0 radical (unpaired) electrons. The molecule has 0 aliphatic carbocycles. The third kappa shape index (κ3) is 38.6. The van der Waals surface area contributed by atoms with Crippen molar-refractivity contribution in [3.8, 4) is 0 Å². The summed E-state index contributed by atoms with van der Waals surface area (Å²) in [7, 11) is 0. The largest absolute Gasteiger partial charge is 2.00 e. The summed E-state index contributed by atoms with van der Waals surface area (Å²) in [6.07, 6.45) is 65.2. The van der Waals surface area contributed by atoms with Crippen molar-refractivity contribution < 1.29 is 21.2 Å². The van der Waals surface area contributed by atoms with Crippen LogP contribution >= 0.6 is 0 Å². The normalized spacial score (nSPS) is 12.2. The van der Waals surface area contributed by atoms with Crippen LogP contribution in [0.2, 0.25) is 0 Å². The molecule has 0 saturated heterocycles. The summed E-state index contributed by atoms with van der Waals surface area (Å²) >= 11 is 0. The van der Waals surface area contributed by atoms with Crippen LogP contribution < -0.4 is 0 Å². The van der Waals surface area contributed by atoms with Crippen LogP contribution in [0.3, 0.4) is 0 Å². The Bertz CT molecular complexity index is 1590. The van der Waals surface area contributed by atoms with Gasteiger partial charge in [0.15, 0.2) is 0 Å². The first kappa shape index (κ1) is 74.0. The number of unbranched alkanes of at least 4 members (excludes halogenated alkanes) is 39. The smallest absolute Gasteiger partial charge is 0.493 e. The number of benzene rings is 2. The van der Waals surface area contributed by atoms with Crippen LogP contribution in [0.4, 0.5) is 0 Å². The van der Waals surface area contributed by atoms with Crippen molar-refractivity contribution in [3.63, 3.8) is 0 Å². The van der Waals surface area contributed by atoms with E-state index in [0.717, 1.165) is 49.9 Å². The molecular weight excluding hydrogens is 964 g/mol. The number of aryl methyl sites for hydroxylation is 2. The van der Waals surface area contributed by atoms with E-state index in [2.05, 4.69) is 104 Å². The van der Waals surface area contributed by atoms with Crippen LogP contribution in [0.15, 0.2) is 59.7 Å². The van der Waals surface area contributed by atoms with E-state index in [1.165, 1.54) is 309 Å². The monoisotopic (exact) mass is 1090 g/mol. The minimum atomic E-state index is 0. The van der Waals surface area contributed by atoms with Gasteiger partial charge in [-0.25, -0.2) is 4.70 Å². The van der Waals surface area contributed by atoms with Gasteiger partial charge in [-0.15, -0.1) is 0 Å². The van der Waals surface area contributed by atoms with Crippen molar-refractivity contribution in [2.75, 3.05) is 0 Å². The van der Waals surface area contributed by atoms with E-state index < -0.39 is 0 Å². The maximum atomic E-state index is 12.3. The first-order chi connectivity index (χ1) is 37.0. The first-order valence-electron chi connectivity index (χ1n) is 33.7. The number of allylic oxidation sites excluding steroid dienone is 2. The molecule has 3 rings (SSSR count). The SMILES string of the molecule is CCCCCCCCCCCc1cccc(C2=C(CCCCCCCC)C(CCCCCCCC)=C(c3cccc(CCCC)c3)[N+]2=[N-])c1.[CH2-]CCCCCCCCCCCC.[CH2-]CCCCCCCCCCCC.[Ni+2]. The van der Waals surface area contributed by atoms with Crippen molar-refractivity contribution in [1.82, 2.24) is 0 Å². The molecule has 0 atom stereocenters. The minimum Gasteiger partial charge on any atom is -0.493 e. The summed E-state index contributed by atoms with van der Waals surface area (Å²) in [6, 6.07) is 18.3. The second kappa shape index (κ2) is 56.3. The van der Waals surface area contributed by atoms with Crippen molar-refractivity contribution in [1.29, 1.82) is 0 Å². The van der Waals surface area contributed by atoms with E-state index in [1.54, 1.807) is 4.70 Å². The van der Waals surface area contributed by atoms with E-state index in [9.17, 15) is 5.53 Å². The summed E-state index contributed by atoms with van der Waals surface area (Å²) in [6.45, 7) is 21.4. The quantitative estimate of drug-likeness (QED) is 0.0273. The van der Waals surface area contributed by atoms with E-state index in [-0.39, 0.29) is 16.5 Å². The van der Waals surface area contributed by atoms with Gasteiger partial charge in [0.1, 0.15) is 0 Å². The fourth-order valence-electron chi connectivity index (χ4n) is 11.0. The minimum absolute atomic E-state index is 0. The Morgan fingerprint density at radius 1 is 0.303 bits per heavy atom. The van der Waals surface area contributed by atoms with Crippen molar-refractivity contribution in [2.45, 2.75) is 356 Å². The van der Waals surface area contributed by atoms with E-state index in [0.29, 0.717) is 0 Å². The van der Waals surface area contributed by atoms with Gasteiger partial charge < -0.3 is 19.4 Å². The number of rotatable bonds is 49. The van der Waals surface area contributed by atoms with Crippen LogP contribution in [-0.2, 0) is 29.3 Å². The van der Waals surface area contributed by atoms with Gasteiger partial charge in [-0.2, -0.15) is 12.8 Å². The molecule has 1 aliphatic rings. The van der Waals surface area contributed by atoms with Crippen LogP contribution in [0.5, 0.6) is 0 Å². The standard InChI is InChI=1S/C47H74N2.2C13H27.Ni/c1-5-9-13-16-19-20-21-22-25-31-41-33-29-35-43(39-41)47-45(37-27-24-18-15-11-7-3)44(36-26-23-17-14-10-6-2)46(49(47)48)42-34-28-32-40(38-42)30-12-8-4;2*1-3-5-7-9-11-13-12-10-8-6-4-2;/h28-29,32-35,38-39H,5-27,30-31,36-37H2,1-4H3;2*1,3-13H2,2H3;/q;2*-1;+2. The number of hydrogen-bond acceptors (Lipinski definition) is 0. The Morgan fingerprint density at radius 2 is 0.539 bits per heavy atom. The summed E-state index contributed by atoms with van der Waals surface area (Å²) in [5, 5.41) is 0. The van der Waals surface area contributed by atoms with Gasteiger partial charge in [-0.1, -0.05) is 316 Å². The van der Waals surface area contributed by atoms with Gasteiger partial charge in [0, 0.05) is 22.3 Å². The van der Waals surface area contributed by atoms with Gasteiger partial charge in [0.2, 0.25) is 11.4 Å². The molecule has 0 bridgehead atoms. The average molecular weight is 1090 g/mol. The fourth-order valence-corrected chi connectivity index (χ4v) is 11.0. The van der Waals surface area contributed by atoms with Crippen molar-refractivity contribution in [3.05, 3.63) is 101 Å². The van der Waals surface area contributed by atoms with E-state index >= 15 is 0 Å². The number of nitrogens with zero attached hydrogens (tertiary/aromatic N) is 2. The van der Waals surface area contributed by atoms with Crippen LogP contribution in [-0.4, -0.2) is 4.70 Å². The Kier molecular flexibility index (Phi) is 54.8. The van der Waals surface area contributed by atoms with Crippen molar-refractivity contribution in [2.24, 2.45) is 0 Å². The molecule has 1 heterocycles. The summed E-state index contributed by atoms with van der Waals surface area (Å²) < 4.78 is 1.62. The zero-order valence-corrected chi connectivity index (χ0v) is 52.9. The molecule has 0 spiro atoms. The molecule has 0 unspecified atom stereocenters. The molecule has 76 heavy (non-hydrogen) atoms. The zero-order valence-electron chi connectivity index (χ0n) is 51.9. The predicted octanol–water partition coefficient (Wildman–Crippen LogP) is 26.0. The van der Waals surface area contributed by atoms with E-state index in [4.69, 9.17) is 0 Å². The third-order valence-electron chi connectivity index (χ3n) is 15.9. The Labute approximate surface area is 487 Å². The van der Waals surface area contributed by atoms with Crippen LogP contribution in [0.25, 0.3) is 16.9 Å². The molecule has 3 heteroatoms. The van der Waals surface area contributed by atoms with Gasteiger partial charge in [-0.05, 0) is 86.8 Å². The molecule has 0 amide bonds. The topological polar surface area (TPSA) is 25.3 Å². The Balaban J connectivity index is 0.00000170. The van der Waals surface area contributed by atoms with Crippen LogP contribution in [0.1, 0.15) is 366 Å². The van der Waals surface area contributed by atoms with Gasteiger partial charge >= 0.3 is 16.5 Å². The number of hydrogen-bond donors (Lipinski definition) is 0. The molecule has 2 nitrogen and oxygen atoms in total. The maximum Gasteiger partial charge on any atom is 2.00 e. The van der Waals surface area contributed by atoms with Crippen molar-refractivity contribution >= 4 is 11.4 Å². The second-order valence-corrected chi connectivity index (χ2v) is 23.2. The predicted molar refractivity (Wildman–Crippen MR) is 340 cm³/mol. The van der Waals surface area contributed by atoms with Gasteiger partial charge in [0.25, 0.3) is 0 Å². The Hall–Kier alpha value is -1.99. The summed E-state index contributed by atoms with van der Waals surface area (Å²) in [5.41, 5.74) is 22.3. The third-order valence-corrected chi connectivity index (χ3v) is 15.9. The molecule has 0 saturated carbocycles. The molecule has 440 valence electrons. The first-order valence-corrected chi connectivity index (χ1v) is 33.7. The van der Waals surface area contributed by atoms with Gasteiger partial charge in [-0.3, -0.25) is 0 Å². The van der Waals surface area contributed by atoms with E-state index in [1.807, 2.05) is 0 Å². The molecular formula is C73H128N2Ni. The summed E-state index contributed by atoms with van der Waals surface area (Å²) in [5.74, 6) is 0. The molecule has 0 N–H and O–H groups in total. The second-order valence-electron chi connectivity index (χ2n) is 23.2. The Morgan fingerprint density at radius 3 is 0.816 bits per heavy atom. The molecule has 1 aliphatic heterocycles. The zero-order chi connectivity index (χ0) is 54.5. The van der Waals surface area contributed by atoms with Crippen LogP contribution in [0, 0.1) is 13.8 Å². The average Bonchev–Trinajstić information content (AvgIpc) is 3.71.